The van der Waals surface area contributed by atoms with E-state index >= 15 is 0 Å². The third-order valence-corrected chi connectivity index (χ3v) is 4.78. The molecule has 0 atom stereocenters. The predicted molar refractivity (Wildman–Crippen MR) is 77.6 cm³/mol. The van der Waals surface area contributed by atoms with Crippen LogP contribution in [0.5, 0.6) is 0 Å². The summed E-state index contributed by atoms with van der Waals surface area (Å²) in [4.78, 5) is 5.34. The molecule has 0 aliphatic heterocycles. The summed E-state index contributed by atoms with van der Waals surface area (Å²) in [6, 6.07) is 5.41. The second kappa shape index (κ2) is 4.82. The molecule has 5 heteroatoms. The Kier molecular flexibility index (Phi) is 3.70. The lowest BCUT2D eigenvalue weighted by Gasteiger charge is -2.14. The van der Waals surface area contributed by atoms with E-state index in [2.05, 4.69) is 4.98 Å². The summed E-state index contributed by atoms with van der Waals surface area (Å²) in [6.07, 6.45) is 0. The maximum atomic E-state index is 10.1. The van der Waals surface area contributed by atoms with Gasteiger partial charge in [-0.15, -0.1) is 11.3 Å². The number of rotatable bonds is 2. The highest BCUT2D eigenvalue weighted by molar-refractivity contribution is 7.15. The lowest BCUT2D eigenvalue weighted by atomic mass is 10.1. The van der Waals surface area contributed by atoms with Crippen molar-refractivity contribution in [3.05, 3.63) is 38.8 Å². The molecule has 0 bridgehead atoms. The zero-order chi connectivity index (χ0) is 13.5. The normalized spacial score (nSPS) is 11.9. The maximum Gasteiger partial charge on any atom is 0.124 e. The number of nitrogens with zero attached hydrogens (tertiary/aromatic N) is 1. The van der Waals surface area contributed by atoms with Gasteiger partial charge in [0.05, 0.1) is 26.2 Å². The molecule has 2 nitrogen and oxygen atoms in total. The average molecular weight is 302 g/mol. The van der Waals surface area contributed by atoms with Crippen molar-refractivity contribution in [2.45, 2.75) is 26.4 Å². The average Bonchev–Trinajstić information content (AvgIpc) is 2.64. The molecule has 1 N–H and O–H groups in total. The van der Waals surface area contributed by atoms with Gasteiger partial charge in [0, 0.05) is 5.56 Å². The van der Waals surface area contributed by atoms with Crippen molar-refractivity contribution in [3.8, 4) is 10.6 Å². The number of aromatic nitrogens is 1. The minimum Gasteiger partial charge on any atom is -0.385 e. The Hall–Kier alpha value is -0.610. The van der Waals surface area contributed by atoms with Crippen molar-refractivity contribution in [2.75, 3.05) is 0 Å². The highest BCUT2D eigenvalue weighted by atomic mass is 35.5. The van der Waals surface area contributed by atoms with Crippen LogP contribution < -0.4 is 0 Å². The standard InChI is InChI=1S/C13H13Cl2NOS/c1-7-11(13(2,3)17)18-12(16-7)8-4-5-9(14)10(15)6-8/h4-6,17H,1-3H3. The van der Waals surface area contributed by atoms with Crippen LogP contribution in [0.4, 0.5) is 0 Å². The van der Waals surface area contributed by atoms with E-state index in [1.54, 1.807) is 26.0 Å². The van der Waals surface area contributed by atoms with Crippen LogP contribution in [0.25, 0.3) is 10.6 Å². The number of aryl methyl sites for hydroxylation is 1. The van der Waals surface area contributed by atoms with Gasteiger partial charge in [-0.3, -0.25) is 0 Å². The van der Waals surface area contributed by atoms with E-state index in [0.717, 1.165) is 21.1 Å². The zero-order valence-electron chi connectivity index (χ0n) is 10.3. The first-order chi connectivity index (χ1) is 8.29. The smallest absolute Gasteiger partial charge is 0.124 e. The van der Waals surface area contributed by atoms with E-state index in [9.17, 15) is 5.11 Å². The SMILES string of the molecule is Cc1nc(-c2ccc(Cl)c(Cl)c2)sc1C(C)(C)O. The Labute approximate surface area is 120 Å². The van der Waals surface area contributed by atoms with Gasteiger partial charge in [-0.05, 0) is 32.9 Å². The van der Waals surface area contributed by atoms with Gasteiger partial charge in [0.2, 0.25) is 0 Å². The summed E-state index contributed by atoms with van der Waals surface area (Å²) in [5.74, 6) is 0. The molecule has 2 rings (SSSR count). The predicted octanol–water partition coefficient (Wildman–Crippen LogP) is 4.65. The second-order valence-electron chi connectivity index (χ2n) is 4.62. The monoisotopic (exact) mass is 301 g/mol. The van der Waals surface area contributed by atoms with E-state index in [0.29, 0.717) is 10.0 Å². The summed E-state index contributed by atoms with van der Waals surface area (Å²) in [7, 11) is 0. The molecule has 0 amide bonds. The van der Waals surface area contributed by atoms with Crippen molar-refractivity contribution in [1.29, 1.82) is 0 Å². The Balaban J connectivity index is 2.49. The van der Waals surface area contributed by atoms with Crippen molar-refractivity contribution < 1.29 is 5.11 Å². The zero-order valence-corrected chi connectivity index (χ0v) is 12.6. The first-order valence-corrected chi connectivity index (χ1v) is 7.02. The molecule has 0 spiro atoms. The molecule has 0 saturated heterocycles. The van der Waals surface area contributed by atoms with Crippen molar-refractivity contribution in [3.63, 3.8) is 0 Å². The topological polar surface area (TPSA) is 33.1 Å². The van der Waals surface area contributed by atoms with Crippen LogP contribution in [0.2, 0.25) is 10.0 Å². The molecule has 2 aromatic rings. The summed E-state index contributed by atoms with van der Waals surface area (Å²) in [5.41, 5.74) is 0.873. The van der Waals surface area contributed by atoms with Gasteiger partial charge in [-0.1, -0.05) is 29.3 Å². The first-order valence-electron chi connectivity index (χ1n) is 5.45. The third-order valence-electron chi connectivity index (χ3n) is 2.52. The Morgan fingerprint density at radius 1 is 1.22 bits per heavy atom. The number of halogens is 2. The van der Waals surface area contributed by atoms with Crippen LogP contribution in [0.1, 0.15) is 24.4 Å². The molecule has 1 heterocycles. The fourth-order valence-electron chi connectivity index (χ4n) is 1.72. The van der Waals surface area contributed by atoms with E-state index < -0.39 is 5.60 Å². The quantitative estimate of drug-likeness (QED) is 0.875. The van der Waals surface area contributed by atoms with Crippen LogP contribution in [0, 0.1) is 6.92 Å². The lowest BCUT2D eigenvalue weighted by molar-refractivity contribution is 0.0817. The fraction of sp³-hybridized carbons (Fsp3) is 0.308. The molecule has 1 aromatic carbocycles. The molecule has 0 radical (unpaired) electrons. The van der Waals surface area contributed by atoms with Crippen LogP contribution in [0.3, 0.4) is 0 Å². The van der Waals surface area contributed by atoms with Gasteiger partial charge in [0.25, 0.3) is 0 Å². The van der Waals surface area contributed by atoms with Gasteiger partial charge < -0.3 is 5.11 Å². The molecule has 0 saturated carbocycles. The summed E-state index contributed by atoms with van der Waals surface area (Å²) in [5, 5.41) is 11.9. The van der Waals surface area contributed by atoms with Crippen molar-refractivity contribution in [1.82, 2.24) is 4.98 Å². The molecule has 0 fully saturated rings. The first kappa shape index (κ1) is 13.8. The van der Waals surface area contributed by atoms with Gasteiger partial charge in [-0.25, -0.2) is 4.98 Å². The van der Waals surface area contributed by atoms with Gasteiger partial charge >= 0.3 is 0 Å². The number of hydrogen-bond acceptors (Lipinski definition) is 3. The third kappa shape index (κ3) is 2.69. The lowest BCUT2D eigenvalue weighted by Crippen LogP contribution is -2.14. The number of benzene rings is 1. The van der Waals surface area contributed by atoms with E-state index in [1.807, 2.05) is 13.0 Å². The molecule has 1 aromatic heterocycles. The van der Waals surface area contributed by atoms with Crippen LogP contribution in [0.15, 0.2) is 18.2 Å². The number of thiazole rings is 1. The summed E-state index contributed by atoms with van der Waals surface area (Å²) < 4.78 is 0. The van der Waals surface area contributed by atoms with Gasteiger partial charge in [-0.2, -0.15) is 0 Å². The highest BCUT2D eigenvalue weighted by Gasteiger charge is 2.23. The van der Waals surface area contributed by atoms with Gasteiger partial charge in [0.15, 0.2) is 0 Å². The Morgan fingerprint density at radius 2 is 1.89 bits per heavy atom. The summed E-state index contributed by atoms with van der Waals surface area (Å²) >= 11 is 13.4. The number of hydrogen-bond donors (Lipinski definition) is 1. The van der Waals surface area contributed by atoms with E-state index in [1.165, 1.54) is 11.3 Å². The highest BCUT2D eigenvalue weighted by Crippen LogP contribution is 2.36. The Morgan fingerprint density at radius 3 is 2.39 bits per heavy atom. The van der Waals surface area contributed by atoms with Crippen LogP contribution >= 0.6 is 34.5 Å². The van der Waals surface area contributed by atoms with E-state index in [4.69, 9.17) is 23.2 Å². The second-order valence-corrected chi connectivity index (χ2v) is 6.43. The van der Waals surface area contributed by atoms with Crippen LogP contribution in [-0.2, 0) is 5.60 Å². The minimum absolute atomic E-state index is 0.506. The summed E-state index contributed by atoms with van der Waals surface area (Å²) in [6.45, 7) is 5.41. The molecular weight excluding hydrogens is 289 g/mol. The fourth-order valence-corrected chi connectivity index (χ4v) is 3.08. The molecule has 96 valence electrons. The van der Waals surface area contributed by atoms with Crippen LogP contribution in [-0.4, -0.2) is 10.1 Å². The number of aliphatic hydroxyl groups is 1. The molecule has 18 heavy (non-hydrogen) atoms. The maximum absolute atomic E-state index is 10.1. The van der Waals surface area contributed by atoms with Crippen molar-refractivity contribution in [2.24, 2.45) is 0 Å². The minimum atomic E-state index is -0.879. The largest absolute Gasteiger partial charge is 0.385 e. The molecule has 0 aliphatic carbocycles. The molecule has 0 unspecified atom stereocenters. The molecule has 0 aliphatic rings. The molecular formula is C13H13Cl2NOS. The Bertz CT molecular complexity index is 587. The van der Waals surface area contributed by atoms with E-state index in [-0.39, 0.29) is 0 Å². The van der Waals surface area contributed by atoms with Gasteiger partial charge in [0.1, 0.15) is 5.01 Å². The van der Waals surface area contributed by atoms with Crippen molar-refractivity contribution >= 4 is 34.5 Å².